The Kier molecular flexibility index (Phi) is 7.25. The first-order valence-electron chi connectivity index (χ1n) is 9.04. The Bertz CT molecular complexity index is 587. The molecular formula is C19H30N3O3+. The molecule has 0 spiro atoms. The van der Waals surface area contributed by atoms with Gasteiger partial charge in [0.25, 0.3) is 11.8 Å². The highest BCUT2D eigenvalue weighted by Crippen LogP contribution is 2.29. The van der Waals surface area contributed by atoms with Crippen molar-refractivity contribution in [2.45, 2.75) is 26.2 Å². The maximum absolute atomic E-state index is 12.5. The summed E-state index contributed by atoms with van der Waals surface area (Å²) in [5, 5.41) is 2.85. The van der Waals surface area contributed by atoms with E-state index in [0.717, 1.165) is 24.4 Å². The second-order valence-electron chi connectivity index (χ2n) is 6.87. The highest BCUT2D eigenvalue weighted by Gasteiger charge is 2.27. The van der Waals surface area contributed by atoms with Crippen LogP contribution >= 0.6 is 0 Å². The molecule has 0 aromatic heterocycles. The van der Waals surface area contributed by atoms with Crippen LogP contribution in [0, 0.1) is 5.92 Å². The van der Waals surface area contributed by atoms with Crippen LogP contribution in [0.1, 0.15) is 26.2 Å². The molecule has 1 unspecified atom stereocenters. The lowest BCUT2D eigenvalue weighted by atomic mass is 10.3. The fraction of sp³-hybridized carbons (Fsp3) is 0.579. The molecule has 0 heterocycles. The molecule has 1 aromatic carbocycles. The number of quaternary nitrogens is 1. The van der Waals surface area contributed by atoms with Crippen LogP contribution in [0.25, 0.3) is 0 Å². The highest BCUT2D eigenvalue weighted by atomic mass is 16.5. The second kappa shape index (κ2) is 9.42. The Labute approximate surface area is 150 Å². The van der Waals surface area contributed by atoms with Crippen LogP contribution in [0.3, 0.4) is 0 Å². The van der Waals surface area contributed by atoms with Crippen LogP contribution in [0.5, 0.6) is 5.75 Å². The average molecular weight is 348 g/mol. The van der Waals surface area contributed by atoms with Crippen molar-refractivity contribution in [3.8, 4) is 5.75 Å². The molecule has 1 atom stereocenters. The predicted octanol–water partition coefficient (Wildman–Crippen LogP) is 0.797. The number of likely N-dealkylation sites (N-methyl/N-ethyl adjacent to an activating group) is 1. The van der Waals surface area contributed by atoms with E-state index in [-0.39, 0.29) is 18.4 Å². The zero-order chi connectivity index (χ0) is 18.2. The first kappa shape index (κ1) is 19.2. The maximum Gasteiger partial charge on any atom is 0.279 e. The minimum absolute atomic E-state index is 0.109. The number of carbonyl (C=O) groups is 2. The van der Waals surface area contributed by atoms with Gasteiger partial charge in [0.05, 0.1) is 14.2 Å². The summed E-state index contributed by atoms with van der Waals surface area (Å²) in [7, 11) is 3.47. The monoisotopic (exact) mass is 348 g/mol. The molecule has 1 fully saturated rings. The van der Waals surface area contributed by atoms with Gasteiger partial charge in [-0.25, -0.2) is 0 Å². The van der Waals surface area contributed by atoms with Crippen molar-refractivity contribution in [3.05, 3.63) is 24.3 Å². The van der Waals surface area contributed by atoms with Gasteiger partial charge < -0.3 is 19.9 Å². The molecule has 1 aliphatic rings. The number of nitrogens with zero attached hydrogens (tertiary/aromatic N) is 1. The molecule has 0 bridgehead atoms. The van der Waals surface area contributed by atoms with E-state index in [2.05, 4.69) is 12.2 Å². The zero-order valence-electron chi connectivity index (χ0n) is 15.5. The van der Waals surface area contributed by atoms with Crippen LogP contribution < -0.4 is 15.0 Å². The molecule has 0 saturated heterocycles. The van der Waals surface area contributed by atoms with E-state index in [9.17, 15) is 9.59 Å². The van der Waals surface area contributed by atoms with Crippen LogP contribution in [0.15, 0.2) is 24.3 Å². The minimum atomic E-state index is -0.109. The Morgan fingerprint density at radius 2 is 2.08 bits per heavy atom. The van der Waals surface area contributed by atoms with Gasteiger partial charge in [-0.05, 0) is 37.3 Å². The second-order valence-corrected chi connectivity index (χ2v) is 6.87. The smallest absolute Gasteiger partial charge is 0.279 e. The summed E-state index contributed by atoms with van der Waals surface area (Å²) in [5.74, 6) is 1.42. The number of rotatable bonds is 10. The van der Waals surface area contributed by atoms with Crippen molar-refractivity contribution in [3.63, 3.8) is 0 Å². The van der Waals surface area contributed by atoms with Crippen LogP contribution in [-0.2, 0) is 9.59 Å². The number of benzene rings is 1. The first-order chi connectivity index (χ1) is 12.0. The van der Waals surface area contributed by atoms with Crippen molar-refractivity contribution in [1.82, 2.24) is 4.90 Å². The third-order valence-electron chi connectivity index (χ3n) is 4.29. The molecule has 2 N–H and O–H groups in total. The summed E-state index contributed by atoms with van der Waals surface area (Å²) in [4.78, 5) is 27.5. The number of ether oxygens (including phenoxy) is 1. The van der Waals surface area contributed by atoms with Crippen molar-refractivity contribution in [2.24, 2.45) is 5.92 Å². The Morgan fingerprint density at radius 3 is 2.72 bits per heavy atom. The summed E-state index contributed by atoms with van der Waals surface area (Å²) in [6.45, 7) is 4.37. The highest BCUT2D eigenvalue weighted by molar-refractivity contribution is 5.91. The minimum Gasteiger partial charge on any atom is -0.497 e. The van der Waals surface area contributed by atoms with E-state index in [0.29, 0.717) is 23.9 Å². The van der Waals surface area contributed by atoms with E-state index >= 15 is 0 Å². The number of hydrogen-bond donors (Lipinski definition) is 2. The molecule has 1 aromatic rings. The van der Waals surface area contributed by atoms with Crippen molar-refractivity contribution < 1.29 is 19.2 Å². The molecular weight excluding hydrogens is 318 g/mol. The van der Waals surface area contributed by atoms with E-state index in [1.807, 2.05) is 30.1 Å². The molecule has 0 radical (unpaired) electrons. The quantitative estimate of drug-likeness (QED) is 0.657. The molecule has 1 aliphatic carbocycles. The molecule has 6 heteroatoms. The fourth-order valence-electron chi connectivity index (χ4n) is 2.81. The standard InChI is InChI=1S/C19H29N3O3/c1-4-10-22(12-15-8-9-15)19(24)14-21(2)13-18(23)20-16-6-5-7-17(11-16)25-3/h5-7,11,15H,4,8-10,12-14H2,1-3H3,(H,20,23)/p+1. The summed E-state index contributed by atoms with van der Waals surface area (Å²) < 4.78 is 5.15. The van der Waals surface area contributed by atoms with Crippen LogP contribution in [-0.4, -0.2) is 57.1 Å². The Morgan fingerprint density at radius 1 is 1.32 bits per heavy atom. The van der Waals surface area contributed by atoms with E-state index in [1.54, 1.807) is 13.2 Å². The maximum atomic E-state index is 12.5. The van der Waals surface area contributed by atoms with Crippen molar-refractivity contribution in [2.75, 3.05) is 45.7 Å². The largest absolute Gasteiger partial charge is 0.497 e. The van der Waals surface area contributed by atoms with Crippen molar-refractivity contribution >= 4 is 17.5 Å². The Balaban J connectivity index is 1.79. The van der Waals surface area contributed by atoms with Gasteiger partial charge in [-0.2, -0.15) is 0 Å². The van der Waals surface area contributed by atoms with Gasteiger partial charge in [-0.1, -0.05) is 13.0 Å². The summed E-state index contributed by atoms with van der Waals surface area (Å²) in [6.07, 6.45) is 3.44. The topological polar surface area (TPSA) is 63.1 Å². The van der Waals surface area contributed by atoms with Gasteiger partial charge >= 0.3 is 0 Å². The average Bonchev–Trinajstić information content (AvgIpc) is 3.38. The van der Waals surface area contributed by atoms with Gasteiger partial charge in [0.2, 0.25) is 0 Å². The first-order valence-corrected chi connectivity index (χ1v) is 9.04. The van der Waals surface area contributed by atoms with Gasteiger partial charge in [-0.3, -0.25) is 9.59 Å². The zero-order valence-corrected chi connectivity index (χ0v) is 15.5. The molecule has 138 valence electrons. The number of amides is 2. The van der Waals surface area contributed by atoms with E-state index < -0.39 is 0 Å². The molecule has 2 rings (SSSR count). The van der Waals surface area contributed by atoms with Crippen molar-refractivity contribution in [1.29, 1.82) is 0 Å². The number of anilines is 1. The van der Waals surface area contributed by atoms with Gasteiger partial charge in [0.1, 0.15) is 5.75 Å². The Hall–Kier alpha value is -2.08. The fourth-order valence-corrected chi connectivity index (χ4v) is 2.81. The lowest BCUT2D eigenvalue weighted by molar-refractivity contribution is -0.862. The normalized spacial score (nSPS) is 14.7. The van der Waals surface area contributed by atoms with E-state index in [1.165, 1.54) is 12.8 Å². The number of nitrogens with one attached hydrogen (secondary N) is 2. The SMILES string of the molecule is CCCN(CC1CC1)C(=O)C[NH+](C)CC(=O)Nc1cccc(OC)c1. The third kappa shape index (κ3) is 6.74. The number of hydrogen-bond acceptors (Lipinski definition) is 3. The van der Waals surface area contributed by atoms with Gasteiger partial charge in [0, 0.05) is 24.8 Å². The molecule has 25 heavy (non-hydrogen) atoms. The van der Waals surface area contributed by atoms with Gasteiger partial charge in [0.15, 0.2) is 13.1 Å². The van der Waals surface area contributed by atoms with Crippen LogP contribution in [0.4, 0.5) is 5.69 Å². The molecule has 0 aliphatic heterocycles. The van der Waals surface area contributed by atoms with Crippen LogP contribution in [0.2, 0.25) is 0 Å². The molecule has 6 nitrogen and oxygen atoms in total. The lowest BCUT2D eigenvalue weighted by Crippen LogP contribution is -3.11. The summed E-state index contributed by atoms with van der Waals surface area (Å²) >= 11 is 0. The molecule has 2 amide bonds. The molecule has 1 saturated carbocycles. The van der Waals surface area contributed by atoms with Gasteiger partial charge in [-0.15, -0.1) is 0 Å². The third-order valence-corrected chi connectivity index (χ3v) is 4.29. The summed E-state index contributed by atoms with van der Waals surface area (Å²) in [6, 6.07) is 7.25. The number of carbonyl (C=O) groups excluding carboxylic acids is 2. The van der Waals surface area contributed by atoms with E-state index in [4.69, 9.17) is 4.74 Å². The number of methoxy groups -OCH3 is 1. The summed E-state index contributed by atoms with van der Waals surface area (Å²) in [5.41, 5.74) is 0.699. The predicted molar refractivity (Wildman–Crippen MR) is 97.8 cm³/mol. The lowest BCUT2D eigenvalue weighted by Gasteiger charge is -2.23.